The van der Waals surface area contributed by atoms with Gasteiger partial charge in [-0.25, -0.2) is 0 Å². The maximum absolute atomic E-state index is 10.5. The number of rotatable bonds is 1. The van der Waals surface area contributed by atoms with Crippen LogP contribution in [0.4, 0.5) is 0 Å². The summed E-state index contributed by atoms with van der Waals surface area (Å²) >= 11 is 0. The summed E-state index contributed by atoms with van der Waals surface area (Å²) in [5.74, 6) is 0. The highest BCUT2D eigenvalue weighted by atomic mass is 16.1. The minimum Gasteiger partial charge on any atom is -0.337 e. The Balaban J connectivity index is 2.53. The number of piperazine rings is 1. The van der Waals surface area contributed by atoms with Crippen molar-refractivity contribution in [2.24, 2.45) is 0 Å². The van der Waals surface area contributed by atoms with E-state index in [0.29, 0.717) is 12.1 Å². The largest absolute Gasteiger partial charge is 0.337 e. The number of hydrogen-bond donors (Lipinski definition) is 1. The van der Waals surface area contributed by atoms with Crippen LogP contribution in [-0.4, -0.2) is 36.5 Å². The number of amides is 1. The summed E-state index contributed by atoms with van der Waals surface area (Å²) in [6.45, 7) is 5.94. The zero-order valence-electron chi connectivity index (χ0n) is 6.50. The van der Waals surface area contributed by atoms with E-state index in [2.05, 4.69) is 19.2 Å². The highest BCUT2D eigenvalue weighted by Crippen LogP contribution is 2.05. The lowest BCUT2D eigenvalue weighted by Crippen LogP contribution is -2.54. The van der Waals surface area contributed by atoms with Crippen LogP contribution in [0.15, 0.2) is 0 Å². The highest BCUT2D eigenvalue weighted by molar-refractivity contribution is 5.48. The first-order valence-corrected chi connectivity index (χ1v) is 3.69. The van der Waals surface area contributed by atoms with Crippen LogP contribution in [0.5, 0.6) is 0 Å². The van der Waals surface area contributed by atoms with Crippen LogP contribution in [0.2, 0.25) is 0 Å². The van der Waals surface area contributed by atoms with Crippen LogP contribution in [0, 0.1) is 0 Å². The van der Waals surface area contributed by atoms with Crippen molar-refractivity contribution in [1.82, 2.24) is 10.2 Å². The first kappa shape index (κ1) is 7.54. The van der Waals surface area contributed by atoms with Crippen molar-refractivity contribution in [2.45, 2.75) is 25.9 Å². The van der Waals surface area contributed by atoms with Gasteiger partial charge in [-0.2, -0.15) is 0 Å². The topological polar surface area (TPSA) is 32.3 Å². The molecular formula is C7H14N2O. The molecule has 1 fully saturated rings. The molecule has 3 nitrogen and oxygen atoms in total. The maximum atomic E-state index is 10.5. The molecule has 0 aromatic heterocycles. The zero-order valence-corrected chi connectivity index (χ0v) is 6.50. The Morgan fingerprint density at radius 1 is 1.40 bits per heavy atom. The van der Waals surface area contributed by atoms with Crippen LogP contribution in [0.25, 0.3) is 0 Å². The van der Waals surface area contributed by atoms with E-state index in [0.717, 1.165) is 19.5 Å². The molecule has 0 aliphatic carbocycles. The number of hydrogen-bond acceptors (Lipinski definition) is 2. The predicted octanol–water partition coefficient (Wildman–Crippen LogP) is -0.175. The quantitative estimate of drug-likeness (QED) is 0.515. The van der Waals surface area contributed by atoms with Crippen molar-refractivity contribution in [3.05, 3.63) is 0 Å². The van der Waals surface area contributed by atoms with Crippen molar-refractivity contribution in [3.8, 4) is 0 Å². The van der Waals surface area contributed by atoms with Gasteiger partial charge in [-0.1, -0.05) is 0 Å². The number of nitrogens with zero attached hydrogens (tertiary/aromatic N) is 1. The fourth-order valence-electron chi connectivity index (χ4n) is 1.35. The standard InChI is InChI=1S/C7H14N2O/c1-6-3-8-4-7(2)9(6)5-10/h5-8H,3-4H2,1-2H3. The zero-order chi connectivity index (χ0) is 7.56. The third-order valence-corrected chi connectivity index (χ3v) is 2.02. The lowest BCUT2D eigenvalue weighted by molar-refractivity contribution is -0.122. The van der Waals surface area contributed by atoms with Crippen molar-refractivity contribution in [1.29, 1.82) is 0 Å². The molecule has 1 aliphatic rings. The fourth-order valence-corrected chi connectivity index (χ4v) is 1.35. The van der Waals surface area contributed by atoms with Gasteiger partial charge in [0, 0.05) is 25.2 Å². The van der Waals surface area contributed by atoms with Gasteiger partial charge in [0.1, 0.15) is 0 Å². The summed E-state index contributed by atoms with van der Waals surface area (Å²) in [5.41, 5.74) is 0. The number of nitrogens with one attached hydrogen (secondary N) is 1. The van der Waals surface area contributed by atoms with E-state index in [4.69, 9.17) is 0 Å². The molecular weight excluding hydrogens is 128 g/mol. The molecule has 0 aromatic carbocycles. The highest BCUT2D eigenvalue weighted by Gasteiger charge is 2.21. The van der Waals surface area contributed by atoms with Crippen LogP contribution in [0.1, 0.15) is 13.8 Å². The molecule has 0 saturated carbocycles. The van der Waals surface area contributed by atoms with E-state index in [1.54, 1.807) is 0 Å². The molecule has 2 unspecified atom stereocenters. The molecule has 0 spiro atoms. The molecule has 1 amide bonds. The summed E-state index contributed by atoms with van der Waals surface area (Å²) in [5, 5.41) is 3.25. The first-order chi connectivity index (χ1) is 4.75. The van der Waals surface area contributed by atoms with Gasteiger partial charge < -0.3 is 10.2 Å². The summed E-state index contributed by atoms with van der Waals surface area (Å²) in [6, 6.07) is 0.697. The van der Waals surface area contributed by atoms with Gasteiger partial charge >= 0.3 is 0 Å². The molecule has 1 aliphatic heterocycles. The SMILES string of the molecule is CC1CNCC(C)N1C=O. The summed E-state index contributed by atoms with van der Waals surface area (Å²) in [7, 11) is 0. The third kappa shape index (κ3) is 1.29. The van der Waals surface area contributed by atoms with Crippen molar-refractivity contribution in [3.63, 3.8) is 0 Å². The molecule has 10 heavy (non-hydrogen) atoms. The summed E-state index contributed by atoms with van der Waals surface area (Å²) < 4.78 is 0. The minimum atomic E-state index is 0.348. The number of carbonyl (C=O) groups excluding carboxylic acids is 1. The molecule has 0 aromatic rings. The van der Waals surface area contributed by atoms with Gasteiger partial charge in [0.2, 0.25) is 6.41 Å². The Labute approximate surface area is 61.4 Å². The Bertz CT molecular complexity index is 117. The number of carbonyl (C=O) groups is 1. The van der Waals surface area contributed by atoms with Gasteiger partial charge in [-0.15, -0.1) is 0 Å². The second-order valence-corrected chi connectivity index (χ2v) is 2.91. The van der Waals surface area contributed by atoms with Crippen LogP contribution < -0.4 is 5.32 Å². The van der Waals surface area contributed by atoms with Gasteiger partial charge in [0.15, 0.2) is 0 Å². The Hall–Kier alpha value is -0.570. The smallest absolute Gasteiger partial charge is 0.210 e. The molecule has 2 atom stereocenters. The Morgan fingerprint density at radius 2 is 1.90 bits per heavy atom. The molecule has 58 valence electrons. The normalized spacial score (nSPS) is 34.0. The lowest BCUT2D eigenvalue weighted by Gasteiger charge is -2.36. The van der Waals surface area contributed by atoms with Crippen LogP contribution in [0.3, 0.4) is 0 Å². The Morgan fingerprint density at radius 3 is 2.20 bits per heavy atom. The van der Waals surface area contributed by atoms with Gasteiger partial charge in [0.05, 0.1) is 0 Å². The van der Waals surface area contributed by atoms with Crippen LogP contribution >= 0.6 is 0 Å². The van der Waals surface area contributed by atoms with Crippen LogP contribution in [-0.2, 0) is 4.79 Å². The van der Waals surface area contributed by atoms with Gasteiger partial charge in [-0.3, -0.25) is 4.79 Å². The van der Waals surface area contributed by atoms with Gasteiger partial charge in [-0.05, 0) is 13.8 Å². The second-order valence-electron chi connectivity index (χ2n) is 2.91. The van der Waals surface area contributed by atoms with E-state index < -0.39 is 0 Å². The first-order valence-electron chi connectivity index (χ1n) is 3.69. The van der Waals surface area contributed by atoms with E-state index in [1.165, 1.54) is 0 Å². The average molecular weight is 142 g/mol. The van der Waals surface area contributed by atoms with Gasteiger partial charge in [0.25, 0.3) is 0 Å². The second kappa shape index (κ2) is 3.01. The summed E-state index contributed by atoms with van der Waals surface area (Å²) in [4.78, 5) is 12.3. The van der Waals surface area contributed by atoms with E-state index in [1.807, 2.05) is 4.90 Å². The van der Waals surface area contributed by atoms with Crippen molar-refractivity contribution in [2.75, 3.05) is 13.1 Å². The molecule has 1 N–H and O–H groups in total. The predicted molar refractivity (Wildman–Crippen MR) is 39.7 cm³/mol. The lowest BCUT2D eigenvalue weighted by atomic mass is 10.1. The molecule has 0 radical (unpaired) electrons. The monoisotopic (exact) mass is 142 g/mol. The third-order valence-electron chi connectivity index (χ3n) is 2.02. The molecule has 1 saturated heterocycles. The average Bonchev–Trinajstić information content (AvgIpc) is 1.88. The summed E-state index contributed by atoms with van der Waals surface area (Å²) in [6.07, 6.45) is 0.941. The molecule has 1 heterocycles. The van der Waals surface area contributed by atoms with E-state index in [9.17, 15) is 4.79 Å². The van der Waals surface area contributed by atoms with E-state index >= 15 is 0 Å². The molecule has 1 rings (SSSR count). The van der Waals surface area contributed by atoms with E-state index in [-0.39, 0.29) is 0 Å². The molecule has 3 heteroatoms. The molecule has 0 bridgehead atoms. The minimum absolute atomic E-state index is 0.348. The van der Waals surface area contributed by atoms with Crippen molar-refractivity contribution < 1.29 is 4.79 Å². The fraction of sp³-hybridized carbons (Fsp3) is 0.857. The Kier molecular flexibility index (Phi) is 2.27. The van der Waals surface area contributed by atoms with Crippen molar-refractivity contribution >= 4 is 6.41 Å². The maximum Gasteiger partial charge on any atom is 0.210 e.